The zero-order valence-corrected chi connectivity index (χ0v) is 6.67. The van der Waals surface area contributed by atoms with Gasteiger partial charge in [0.2, 0.25) is 6.79 Å². The highest BCUT2D eigenvalue weighted by atomic mass is 16.7. The molecule has 0 atom stereocenters. The van der Waals surface area contributed by atoms with Gasteiger partial charge in [0.15, 0.2) is 11.5 Å². The largest absolute Gasteiger partial charge is 0.454 e. The van der Waals surface area contributed by atoms with Gasteiger partial charge in [-0.3, -0.25) is 5.73 Å². The van der Waals surface area contributed by atoms with Gasteiger partial charge in [0.1, 0.15) is 0 Å². The number of rotatable bonds is 2. The molecule has 0 bridgehead atoms. The van der Waals surface area contributed by atoms with Gasteiger partial charge in [-0.05, 0) is 24.1 Å². The maximum atomic E-state index is 7.06. The second kappa shape index (κ2) is 3.03. The van der Waals surface area contributed by atoms with E-state index in [0.29, 0.717) is 13.3 Å². The van der Waals surface area contributed by atoms with Crippen LogP contribution in [0.1, 0.15) is 5.56 Å². The quantitative estimate of drug-likeness (QED) is 0.660. The van der Waals surface area contributed by atoms with Crippen molar-refractivity contribution in [2.45, 2.75) is 6.42 Å². The molecule has 3 nitrogen and oxygen atoms in total. The Kier molecular flexibility index (Phi) is 1.87. The Hall–Kier alpha value is -1.22. The highest BCUT2D eigenvalue weighted by Crippen LogP contribution is 2.32. The topological polar surface area (TPSA) is 42.3 Å². The highest BCUT2D eigenvalue weighted by Gasteiger charge is 2.12. The molecular weight excluding hydrogens is 154 g/mol. The second-order valence-corrected chi connectivity index (χ2v) is 2.69. The SMILES string of the molecule is [NH]CCc1ccc2c(c1)OCO2. The number of benzene rings is 1. The van der Waals surface area contributed by atoms with Gasteiger partial charge < -0.3 is 9.47 Å². The second-order valence-electron chi connectivity index (χ2n) is 2.69. The third kappa shape index (κ3) is 1.23. The van der Waals surface area contributed by atoms with E-state index in [1.54, 1.807) is 0 Å². The van der Waals surface area contributed by atoms with Gasteiger partial charge >= 0.3 is 0 Å². The van der Waals surface area contributed by atoms with Crippen molar-refractivity contribution in [1.82, 2.24) is 5.73 Å². The van der Waals surface area contributed by atoms with Crippen molar-refractivity contribution in [2.24, 2.45) is 0 Å². The summed E-state index contributed by atoms with van der Waals surface area (Å²) < 4.78 is 10.4. The van der Waals surface area contributed by atoms with E-state index >= 15 is 0 Å². The number of nitrogens with one attached hydrogen (secondary N) is 1. The van der Waals surface area contributed by atoms with Crippen LogP contribution < -0.4 is 15.2 Å². The van der Waals surface area contributed by atoms with Gasteiger partial charge in [0.05, 0.1) is 0 Å². The van der Waals surface area contributed by atoms with Crippen molar-refractivity contribution in [2.75, 3.05) is 13.3 Å². The molecule has 0 aromatic heterocycles. The van der Waals surface area contributed by atoms with Gasteiger partial charge in [-0.25, -0.2) is 0 Å². The summed E-state index contributed by atoms with van der Waals surface area (Å²) in [5.41, 5.74) is 8.20. The molecule has 1 aromatic rings. The molecule has 1 radical (unpaired) electrons. The maximum Gasteiger partial charge on any atom is 0.231 e. The molecule has 0 fully saturated rings. The number of hydrogen-bond acceptors (Lipinski definition) is 2. The minimum Gasteiger partial charge on any atom is -0.454 e. The zero-order chi connectivity index (χ0) is 8.39. The van der Waals surface area contributed by atoms with Crippen molar-refractivity contribution in [1.29, 1.82) is 0 Å². The Labute approximate surface area is 71.1 Å². The Bertz CT molecular complexity index is 286. The van der Waals surface area contributed by atoms with Gasteiger partial charge in [-0.1, -0.05) is 6.07 Å². The summed E-state index contributed by atoms with van der Waals surface area (Å²) in [7, 11) is 0. The summed E-state index contributed by atoms with van der Waals surface area (Å²) >= 11 is 0. The third-order valence-corrected chi connectivity index (χ3v) is 1.85. The monoisotopic (exact) mass is 164 g/mol. The molecule has 0 saturated heterocycles. The van der Waals surface area contributed by atoms with E-state index in [2.05, 4.69) is 0 Å². The first-order valence-corrected chi connectivity index (χ1v) is 3.93. The molecule has 0 spiro atoms. The molecule has 0 saturated carbocycles. The van der Waals surface area contributed by atoms with E-state index in [1.807, 2.05) is 18.2 Å². The molecule has 2 rings (SSSR count). The lowest BCUT2D eigenvalue weighted by Gasteiger charge is -1.99. The van der Waals surface area contributed by atoms with Crippen LogP contribution in [0.4, 0.5) is 0 Å². The molecule has 3 heteroatoms. The van der Waals surface area contributed by atoms with Crippen LogP contribution in [0, 0.1) is 0 Å². The normalized spacial score (nSPS) is 13.4. The molecule has 1 aliphatic rings. The molecule has 1 aliphatic heterocycles. The first kappa shape index (κ1) is 7.43. The minimum absolute atomic E-state index is 0.319. The van der Waals surface area contributed by atoms with Gasteiger partial charge in [-0.15, -0.1) is 0 Å². The van der Waals surface area contributed by atoms with Crippen molar-refractivity contribution in [3.63, 3.8) is 0 Å². The number of ether oxygens (including phenoxy) is 2. The standard InChI is InChI=1S/C9H10NO2/c10-4-3-7-1-2-8-9(5-7)12-6-11-8/h1-2,5,10H,3-4,6H2. The summed E-state index contributed by atoms with van der Waals surface area (Å²) in [6.07, 6.45) is 0.774. The molecule has 0 unspecified atom stereocenters. The zero-order valence-electron chi connectivity index (χ0n) is 6.67. The smallest absolute Gasteiger partial charge is 0.231 e. The van der Waals surface area contributed by atoms with Crippen LogP contribution >= 0.6 is 0 Å². The Morgan fingerprint density at radius 3 is 2.92 bits per heavy atom. The summed E-state index contributed by atoms with van der Waals surface area (Å²) in [6.45, 7) is 0.735. The number of fused-ring (bicyclic) bond motifs is 1. The van der Waals surface area contributed by atoms with E-state index < -0.39 is 0 Å². The molecule has 0 aliphatic carbocycles. The summed E-state index contributed by atoms with van der Waals surface area (Å²) in [5, 5.41) is 0. The fraction of sp³-hybridized carbons (Fsp3) is 0.333. The van der Waals surface area contributed by atoms with E-state index in [4.69, 9.17) is 15.2 Å². The van der Waals surface area contributed by atoms with Crippen LogP contribution in [-0.2, 0) is 6.42 Å². The average Bonchev–Trinajstić information content (AvgIpc) is 2.51. The fourth-order valence-electron chi connectivity index (χ4n) is 1.24. The lowest BCUT2D eigenvalue weighted by atomic mass is 10.1. The van der Waals surface area contributed by atoms with E-state index in [1.165, 1.54) is 0 Å². The number of hydrogen-bond donors (Lipinski definition) is 0. The maximum absolute atomic E-state index is 7.06. The predicted molar refractivity (Wildman–Crippen MR) is 44.2 cm³/mol. The lowest BCUT2D eigenvalue weighted by Crippen LogP contribution is -1.93. The molecule has 1 heterocycles. The summed E-state index contributed by atoms with van der Waals surface area (Å²) in [5.74, 6) is 1.62. The van der Waals surface area contributed by atoms with E-state index in [-0.39, 0.29) is 0 Å². The van der Waals surface area contributed by atoms with E-state index in [0.717, 1.165) is 23.5 Å². The average molecular weight is 164 g/mol. The third-order valence-electron chi connectivity index (χ3n) is 1.85. The van der Waals surface area contributed by atoms with Crippen LogP contribution in [0.2, 0.25) is 0 Å². The molecule has 12 heavy (non-hydrogen) atoms. The van der Waals surface area contributed by atoms with Gasteiger partial charge in [0.25, 0.3) is 0 Å². The van der Waals surface area contributed by atoms with Crippen molar-refractivity contribution in [3.05, 3.63) is 23.8 Å². The van der Waals surface area contributed by atoms with Gasteiger partial charge in [0, 0.05) is 6.54 Å². The first-order chi connectivity index (χ1) is 5.90. The highest BCUT2D eigenvalue weighted by molar-refractivity contribution is 5.44. The molecule has 63 valence electrons. The predicted octanol–water partition coefficient (Wildman–Crippen LogP) is 1.24. The molecular formula is C9H10NO2. The summed E-state index contributed by atoms with van der Waals surface area (Å²) in [6, 6.07) is 5.81. The fourth-order valence-corrected chi connectivity index (χ4v) is 1.24. The van der Waals surface area contributed by atoms with Gasteiger partial charge in [-0.2, -0.15) is 0 Å². The lowest BCUT2D eigenvalue weighted by molar-refractivity contribution is 0.174. The van der Waals surface area contributed by atoms with Crippen molar-refractivity contribution < 1.29 is 9.47 Å². The van der Waals surface area contributed by atoms with Crippen molar-refractivity contribution in [3.8, 4) is 11.5 Å². The van der Waals surface area contributed by atoms with Crippen LogP contribution in [0.15, 0.2) is 18.2 Å². The van der Waals surface area contributed by atoms with E-state index in [9.17, 15) is 0 Å². The van der Waals surface area contributed by atoms with Crippen molar-refractivity contribution >= 4 is 0 Å². The van der Waals surface area contributed by atoms with Crippen LogP contribution in [0.3, 0.4) is 0 Å². The Morgan fingerprint density at radius 1 is 1.25 bits per heavy atom. The Balaban J connectivity index is 2.26. The minimum atomic E-state index is 0.319. The molecule has 1 N–H and O–H groups in total. The molecule has 0 amide bonds. The van der Waals surface area contributed by atoms with Crippen LogP contribution in [0.25, 0.3) is 0 Å². The van der Waals surface area contributed by atoms with Crippen LogP contribution in [-0.4, -0.2) is 13.3 Å². The first-order valence-electron chi connectivity index (χ1n) is 3.93. The van der Waals surface area contributed by atoms with Crippen LogP contribution in [0.5, 0.6) is 11.5 Å². The summed E-state index contributed by atoms with van der Waals surface area (Å²) in [4.78, 5) is 0. The Morgan fingerprint density at radius 2 is 2.08 bits per heavy atom. The molecule has 1 aromatic carbocycles.